The van der Waals surface area contributed by atoms with Crippen LogP contribution in [0.25, 0.3) is 11.1 Å². The van der Waals surface area contributed by atoms with Crippen molar-refractivity contribution in [2.45, 2.75) is 38.5 Å². The maximum absolute atomic E-state index is 2.46. The molecule has 7 aromatic rings. The van der Waals surface area contributed by atoms with Gasteiger partial charge in [-0.15, -0.1) is 0 Å². The third-order valence-corrected chi connectivity index (χ3v) is 10.5. The van der Waals surface area contributed by atoms with Crippen molar-refractivity contribution in [1.82, 2.24) is 0 Å². The van der Waals surface area contributed by atoms with Crippen LogP contribution in [0.5, 0.6) is 0 Å². The summed E-state index contributed by atoms with van der Waals surface area (Å²) < 4.78 is 0. The molecule has 1 aliphatic rings. The molecule has 0 atom stereocenters. The molecule has 0 spiro atoms. The molecule has 244 valence electrons. The van der Waals surface area contributed by atoms with Crippen LogP contribution >= 0.6 is 0 Å². The Labute approximate surface area is 296 Å². The third kappa shape index (κ3) is 5.57. The molecule has 0 fully saturated rings. The highest BCUT2D eigenvalue weighted by Gasteiger charge is 2.43. The van der Waals surface area contributed by atoms with E-state index in [0.717, 1.165) is 36.3 Å². The van der Waals surface area contributed by atoms with Crippen molar-refractivity contribution in [2.24, 2.45) is 0 Å². The van der Waals surface area contributed by atoms with E-state index in [4.69, 9.17) is 0 Å². The normalized spacial score (nSPS) is 12.6. The summed E-state index contributed by atoms with van der Waals surface area (Å²) in [7, 11) is 0. The minimum Gasteiger partial charge on any atom is -0.311 e. The minimum absolute atomic E-state index is 0.0295. The first-order valence-corrected chi connectivity index (χ1v) is 17.9. The van der Waals surface area contributed by atoms with Gasteiger partial charge in [-0.3, -0.25) is 0 Å². The van der Waals surface area contributed by atoms with Crippen molar-refractivity contribution in [2.75, 3.05) is 9.80 Å². The molecular formula is C48H42N2. The van der Waals surface area contributed by atoms with Crippen LogP contribution in [0.2, 0.25) is 0 Å². The number of fused-ring (bicyclic) bond motifs is 3. The van der Waals surface area contributed by atoms with Crippen molar-refractivity contribution >= 4 is 34.1 Å². The Morgan fingerprint density at radius 3 is 1.32 bits per heavy atom. The highest BCUT2D eigenvalue weighted by atomic mass is 15.1. The van der Waals surface area contributed by atoms with Crippen LogP contribution in [0, 0.1) is 0 Å². The number of benzene rings is 7. The van der Waals surface area contributed by atoms with E-state index in [-0.39, 0.29) is 5.41 Å². The van der Waals surface area contributed by atoms with Gasteiger partial charge in [-0.1, -0.05) is 129 Å². The highest BCUT2D eigenvalue weighted by molar-refractivity contribution is 5.90. The Morgan fingerprint density at radius 1 is 0.380 bits per heavy atom. The molecule has 0 aromatic heterocycles. The molecule has 0 N–H and O–H groups in total. The van der Waals surface area contributed by atoms with Gasteiger partial charge in [-0.25, -0.2) is 0 Å². The second-order valence-corrected chi connectivity index (χ2v) is 13.2. The van der Waals surface area contributed by atoms with Gasteiger partial charge in [-0.05, 0) is 119 Å². The maximum atomic E-state index is 2.46. The lowest BCUT2D eigenvalue weighted by molar-refractivity contribution is 0.491. The Morgan fingerprint density at radius 2 is 0.800 bits per heavy atom. The summed E-state index contributed by atoms with van der Waals surface area (Å²) in [5, 5.41) is 0. The Bertz CT molecular complexity index is 2140. The van der Waals surface area contributed by atoms with Crippen molar-refractivity contribution in [1.29, 1.82) is 0 Å². The Hall–Kier alpha value is -5.86. The predicted octanol–water partition coefficient (Wildman–Crippen LogP) is 13.3. The molecular weight excluding hydrogens is 605 g/mol. The molecule has 0 saturated heterocycles. The quantitative estimate of drug-likeness (QED) is 0.146. The van der Waals surface area contributed by atoms with Crippen molar-refractivity contribution in [3.05, 3.63) is 204 Å². The molecule has 2 nitrogen and oxygen atoms in total. The number of hydrogen-bond donors (Lipinski definition) is 0. The molecule has 0 saturated carbocycles. The number of hydrogen-bond acceptors (Lipinski definition) is 2. The smallest absolute Gasteiger partial charge is 0.0508 e. The number of nitrogens with zero attached hydrogens (tertiary/aromatic N) is 2. The Kier molecular flexibility index (Phi) is 8.52. The van der Waals surface area contributed by atoms with Gasteiger partial charge in [-0.2, -0.15) is 0 Å². The lowest BCUT2D eigenvalue weighted by atomic mass is 9.73. The van der Waals surface area contributed by atoms with Gasteiger partial charge in [0.1, 0.15) is 0 Å². The fraction of sp³-hybridized carbons (Fsp3) is 0.125. The van der Waals surface area contributed by atoms with E-state index in [1.54, 1.807) is 0 Å². The number of para-hydroxylation sites is 3. The molecule has 0 heterocycles. The molecule has 0 unspecified atom stereocenters. The van der Waals surface area contributed by atoms with E-state index in [1.165, 1.54) is 50.4 Å². The number of anilines is 6. The van der Waals surface area contributed by atoms with Gasteiger partial charge in [0.15, 0.2) is 0 Å². The molecule has 8 rings (SSSR count). The summed E-state index contributed by atoms with van der Waals surface area (Å²) in [6.45, 7) is 4.70. The minimum atomic E-state index is -0.0295. The first-order chi connectivity index (χ1) is 24.7. The fourth-order valence-corrected chi connectivity index (χ4v) is 8.08. The zero-order valence-corrected chi connectivity index (χ0v) is 28.8. The molecule has 2 heteroatoms. The van der Waals surface area contributed by atoms with E-state index < -0.39 is 0 Å². The maximum Gasteiger partial charge on any atom is 0.0508 e. The zero-order chi connectivity index (χ0) is 33.9. The summed E-state index contributed by atoms with van der Waals surface area (Å²) in [4.78, 5) is 4.77. The SMILES string of the molecule is CCC1(CC)c2ccccc2-c2cccc(N(c3ccccc3)c3ccc(Cc4ccc(N(c5ccccc5)c5ccccc5)cc4)cc3)c21. The van der Waals surface area contributed by atoms with Crippen molar-refractivity contribution in [3.8, 4) is 11.1 Å². The van der Waals surface area contributed by atoms with Crippen LogP contribution in [0.3, 0.4) is 0 Å². The number of rotatable bonds is 10. The standard InChI is InChI=1S/C48H42N2/c1-3-48(4-2)45-25-15-14-23-43(45)44-24-16-26-46(47(44)48)50(40-21-12-7-13-22-40)42-33-29-37(30-34-42)35-36-27-31-41(32-28-36)49(38-17-8-5-9-18-38)39-19-10-6-11-20-39/h5-34H,3-4,35H2,1-2H3. The summed E-state index contributed by atoms with van der Waals surface area (Å²) in [5.74, 6) is 0. The van der Waals surface area contributed by atoms with Gasteiger partial charge in [0, 0.05) is 33.9 Å². The predicted molar refractivity (Wildman–Crippen MR) is 212 cm³/mol. The van der Waals surface area contributed by atoms with Crippen LogP contribution in [-0.4, -0.2) is 0 Å². The van der Waals surface area contributed by atoms with Gasteiger partial charge < -0.3 is 9.80 Å². The van der Waals surface area contributed by atoms with Crippen LogP contribution in [-0.2, 0) is 11.8 Å². The summed E-state index contributed by atoms with van der Waals surface area (Å²) in [6, 6.07) is 66.1. The fourth-order valence-electron chi connectivity index (χ4n) is 8.08. The summed E-state index contributed by atoms with van der Waals surface area (Å²) in [6.07, 6.45) is 2.98. The second kappa shape index (κ2) is 13.6. The second-order valence-electron chi connectivity index (χ2n) is 13.2. The monoisotopic (exact) mass is 646 g/mol. The largest absolute Gasteiger partial charge is 0.311 e. The van der Waals surface area contributed by atoms with Gasteiger partial charge in [0.05, 0.1) is 5.69 Å². The van der Waals surface area contributed by atoms with Crippen molar-refractivity contribution < 1.29 is 0 Å². The zero-order valence-electron chi connectivity index (χ0n) is 28.8. The van der Waals surface area contributed by atoms with E-state index in [1.807, 2.05) is 0 Å². The molecule has 0 bridgehead atoms. The molecule has 0 radical (unpaired) electrons. The van der Waals surface area contributed by atoms with Crippen LogP contribution in [0.1, 0.15) is 48.9 Å². The summed E-state index contributed by atoms with van der Waals surface area (Å²) >= 11 is 0. The first-order valence-electron chi connectivity index (χ1n) is 17.9. The molecule has 1 aliphatic carbocycles. The molecule has 0 amide bonds. The van der Waals surface area contributed by atoms with E-state index in [9.17, 15) is 0 Å². The lowest BCUT2D eigenvalue weighted by Gasteiger charge is -2.35. The summed E-state index contributed by atoms with van der Waals surface area (Å²) in [5.41, 5.74) is 15.2. The Balaban J connectivity index is 1.12. The van der Waals surface area contributed by atoms with Gasteiger partial charge >= 0.3 is 0 Å². The van der Waals surface area contributed by atoms with E-state index >= 15 is 0 Å². The van der Waals surface area contributed by atoms with Crippen molar-refractivity contribution in [3.63, 3.8) is 0 Å². The first kappa shape index (κ1) is 31.4. The molecule has 7 aromatic carbocycles. The average Bonchev–Trinajstić information content (AvgIpc) is 3.48. The third-order valence-electron chi connectivity index (χ3n) is 10.5. The molecule has 0 aliphatic heterocycles. The lowest BCUT2D eigenvalue weighted by Crippen LogP contribution is -2.26. The molecule has 50 heavy (non-hydrogen) atoms. The van der Waals surface area contributed by atoms with E-state index in [0.29, 0.717) is 0 Å². The average molecular weight is 647 g/mol. The highest BCUT2D eigenvalue weighted by Crippen LogP contribution is 2.57. The topological polar surface area (TPSA) is 6.48 Å². The van der Waals surface area contributed by atoms with Gasteiger partial charge in [0.25, 0.3) is 0 Å². The van der Waals surface area contributed by atoms with Crippen LogP contribution < -0.4 is 9.80 Å². The van der Waals surface area contributed by atoms with Crippen LogP contribution in [0.4, 0.5) is 34.1 Å². The van der Waals surface area contributed by atoms with Gasteiger partial charge in [0.2, 0.25) is 0 Å². The van der Waals surface area contributed by atoms with Crippen LogP contribution in [0.15, 0.2) is 182 Å². The van der Waals surface area contributed by atoms with E-state index in [2.05, 4.69) is 206 Å².